The van der Waals surface area contributed by atoms with Gasteiger partial charge in [0, 0.05) is 35.6 Å². The van der Waals surface area contributed by atoms with Crippen molar-refractivity contribution in [1.29, 1.82) is 0 Å². The molecule has 24 heavy (non-hydrogen) atoms. The lowest BCUT2D eigenvalue weighted by Crippen LogP contribution is -2.23. The Kier molecular flexibility index (Phi) is 4.11. The summed E-state index contributed by atoms with van der Waals surface area (Å²) in [4.78, 5) is 13.4. The molecule has 122 valence electrons. The third-order valence-corrected chi connectivity index (χ3v) is 4.87. The number of hydrogen-bond donors (Lipinski definition) is 1. The van der Waals surface area contributed by atoms with E-state index in [1.165, 1.54) is 37.7 Å². The van der Waals surface area contributed by atoms with E-state index in [0.29, 0.717) is 6.04 Å². The standard InChI is InChI=1S/C20H22N4/c1-14-9-10-21-13-18(14)15-7-8-19-16(11-15)12-22-20(24-19)23-17-5-3-2-4-6-17/h7-13,17H,2-6H2,1H3,(H,22,23,24). The van der Waals surface area contributed by atoms with Crippen LogP contribution in [0.5, 0.6) is 0 Å². The van der Waals surface area contributed by atoms with Gasteiger partial charge in [0.1, 0.15) is 0 Å². The van der Waals surface area contributed by atoms with Crippen molar-refractivity contribution in [3.8, 4) is 11.1 Å². The van der Waals surface area contributed by atoms with E-state index < -0.39 is 0 Å². The average Bonchev–Trinajstić information content (AvgIpc) is 2.63. The number of nitrogens with one attached hydrogen (secondary N) is 1. The lowest BCUT2D eigenvalue weighted by molar-refractivity contribution is 0.461. The fraction of sp³-hybridized carbons (Fsp3) is 0.350. The summed E-state index contributed by atoms with van der Waals surface area (Å²) in [5.41, 5.74) is 4.52. The van der Waals surface area contributed by atoms with E-state index in [0.717, 1.165) is 28.0 Å². The Morgan fingerprint density at radius 2 is 1.92 bits per heavy atom. The van der Waals surface area contributed by atoms with Gasteiger partial charge in [-0.1, -0.05) is 25.3 Å². The van der Waals surface area contributed by atoms with Gasteiger partial charge in [-0.25, -0.2) is 9.97 Å². The molecule has 0 spiro atoms. The molecule has 0 atom stereocenters. The molecule has 0 bridgehead atoms. The predicted octanol–water partition coefficient (Wildman–Crippen LogP) is 4.74. The largest absolute Gasteiger partial charge is 0.351 e. The third kappa shape index (κ3) is 3.09. The Hall–Kier alpha value is -2.49. The Labute approximate surface area is 142 Å². The lowest BCUT2D eigenvalue weighted by atomic mass is 9.96. The van der Waals surface area contributed by atoms with Gasteiger partial charge in [0.2, 0.25) is 5.95 Å². The number of hydrogen-bond acceptors (Lipinski definition) is 4. The van der Waals surface area contributed by atoms with E-state index in [2.05, 4.69) is 45.4 Å². The minimum Gasteiger partial charge on any atom is -0.351 e. The highest BCUT2D eigenvalue weighted by Gasteiger charge is 2.14. The molecule has 1 fully saturated rings. The van der Waals surface area contributed by atoms with E-state index in [-0.39, 0.29) is 0 Å². The number of anilines is 1. The molecule has 2 aromatic heterocycles. The smallest absolute Gasteiger partial charge is 0.223 e. The van der Waals surface area contributed by atoms with Gasteiger partial charge in [-0.3, -0.25) is 4.98 Å². The van der Waals surface area contributed by atoms with Gasteiger partial charge in [0.25, 0.3) is 0 Å². The van der Waals surface area contributed by atoms with Gasteiger partial charge >= 0.3 is 0 Å². The number of fused-ring (bicyclic) bond motifs is 1. The third-order valence-electron chi connectivity index (χ3n) is 4.87. The van der Waals surface area contributed by atoms with Crippen LogP contribution in [0.4, 0.5) is 5.95 Å². The summed E-state index contributed by atoms with van der Waals surface area (Å²) in [5.74, 6) is 0.750. The molecule has 0 unspecified atom stereocenters. The highest BCUT2D eigenvalue weighted by Crippen LogP contribution is 2.26. The van der Waals surface area contributed by atoms with E-state index >= 15 is 0 Å². The van der Waals surface area contributed by atoms with Crippen LogP contribution in [0.3, 0.4) is 0 Å². The minimum absolute atomic E-state index is 0.522. The minimum atomic E-state index is 0.522. The van der Waals surface area contributed by atoms with E-state index in [4.69, 9.17) is 0 Å². The van der Waals surface area contributed by atoms with Crippen LogP contribution in [0.15, 0.2) is 42.9 Å². The first-order valence-electron chi connectivity index (χ1n) is 8.74. The summed E-state index contributed by atoms with van der Waals surface area (Å²) >= 11 is 0. The van der Waals surface area contributed by atoms with Crippen LogP contribution in [-0.2, 0) is 0 Å². The quantitative estimate of drug-likeness (QED) is 0.757. The molecule has 1 saturated carbocycles. The van der Waals surface area contributed by atoms with Crippen molar-refractivity contribution in [3.05, 3.63) is 48.4 Å². The first kappa shape index (κ1) is 15.1. The molecule has 4 rings (SSSR count). The van der Waals surface area contributed by atoms with E-state index in [1.807, 2.05) is 24.7 Å². The zero-order chi connectivity index (χ0) is 16.4. The number of aryl methyl sites for hydroxylation is 1. The number of nitrogens with zero attached hydrogens (tertiary/aromatic N) is 3. The second-order valence-corrected chi connectivity index (χ2v) is 6.64. The van der Waals surface area contributed by atoms with Gasteiger partial charge < -0.3 is 5.32 Å². The number of benzene rings is 1. The van der Waals surface area contributed by atoms with Crippen LogP contribution in [-0.4, -0.2) is 21.0 Å². The number of aromatic nitrogens is 3. The molecule has 1 aromatic carbocycles. The predicted molar refractivity (Wildman–Crippen MR) is 98.0 cm³/mol. The van der Waals surface area contributed by atoms with E-state index in [1.54, 1.807) is 0 Å². The molecule has 1 N–H and O–H groups in total. The zero-order valence-corrected chi connectivity index (χ0v) is 14.0. The van der Waals surface area contributed by atoms with Gasteiger partial charge in [-0.2, -0.15) is 0 Å². The molecule has 4 nitrogen and oxygen atoms in total. The van der Waals surface area contributed by atoms with Gasteiger partial charge in [-0.05, 0) is 49.1 Å². The summed E-state index contributed by atoms with van der Waals surface area (Å²) < 4.78 is 0. The molecule has 1 aliphatic carbocycles. The Bertz CT molecular complexity index is 853. The maximum absolute atomic E-state index is 4.69. The van der Waals surface area contributed by atoms with Crippen LogP contribution in [0.25, 0.3) is 22.0 Å². The summed E-state index contributed by atoms with van der Waals surface area (Å²) in [7, 11) is 0. The second kappa shape index (κ2) is 6.56. The second-order valence-electron chi connectivity index (χ2n) is 6.64. The van der Waals surface area contributed by atoms with Crippen molar-refractivity contribution >= 4 is 16.9 Å². The molecule has 0 aliphatic heterocycles. The molecular formula is C20H22N4. The normalized spacial score (nSPS) is 15.5. The molecule has 3 aromatic rings. The van der Waals surface area contributed by atoms with Crippen LogP contribution >= 0.6 is 0 Å². The fourth-order valence-electron chi connectivity index (χ4n) is 3.47. The van der Waals surface area contributed by atoms with Crippen LogP contribution < -0.4 is 5.32 Å². The van der Waals surface area contributed by atoms with Crippen LogP contribution in [0.1, 0.15) is 37.7 Å². The molecule has 1 aliphatic rings. The lowest BCUT2D eigenvalue weighted by Gasteiger charge is -2.22. The molecule has 0 amide bonds. The van der Waals surface area contributed by atoms with Crippen molar-refractivity contribution < 1.29 is 0 Å². The molecular weight excluding hydrogens is 296 g/mol. The maximum Gasteiger partial charge on any atom is 0.223 e. The van der Waals surface area contributed by atoms with Gasteiger partial charge in [-0.15, -0.1) is 0 Å². The van der Waals surface area contributed by atoms with E-state index in [9.17, 15) is 0 Å². The SMILES string of the molecule is Cc1ccncc1-c1ccc2nc(NC3CCCCC3)ncc2c1. The Morgan fingerprint density at radius 3 is 2.75 bits per heavy atom. The maximum atomic E-state index is 4.69. The fourth-order valence-corrected chi connectivity index (χ4v) is 3.47. The number of pyridine rings is 1. The molecule has 2 heterocycles. The highest BCUT2D eigenvalue weighted by molar-refractivity contribution is 5.85. The average molecular weight is 318 g/mol. The first-order valence-corrected chi connectivity index (χ1v) is 8.74. The summed E-state index contributed by atoms with van der Waals surface area (Å²) in [6, 6.07) is 8.89. The van der Waals surface area contributed by atoms with Crippen molar-refractivity contribution in [2.24, 2.45) is 0 Å². The monoisotopic (exact) mass is 318 g/mol. The van der Waals surface area contributed by atoms with Gasteiger partial charge in [0.15, 0.2) is 0 Å². The Morgan fingerprint density at radius 1 is 1.04 bits per heavy atom. The van der Waals surface area contributed by atoms with Crippen LogP contribution in [0, 0.1) is 6.92 Å². The highest BCUT2D eigenvalue weighted by atomic mass is 15.1. The van der Waals surface area contributed by atoms with Crippen molar-refractivity contribution in [2.45, 2.75) is 45.1 Å². The van der Waals surface area contributed by atoms with Crippen molar-refractivity contribution in [1.82, 2.24) is 15.0 Å². The first-order chi connectivity index (χ1) is 11.8. The molecule has 0 radical (unpaired) electrons. The summed E-state index contributed by atoms with van der Waals surface area (Å²) in [5, 5.41) is 4.56. The summed E-state index contributed by atoms with van der Waals surface area (Å²) in [6.07, 6.45) is 12.1. The topological polar surface area (TPSA) is 50.7 Å². The van der Waals surface area contributed by atoms with Crippen molar-refractivity contribution in [3.63, 3.8) is 0 Å². The van der Waals surface area contributed by atoms with Crippen LogP contribution in [0.2, 0.25) is 0 Å². The number of rotatable bonds is 3. The molecule has 0 saturated heterocycles. The summed E-state index contributed by atoms with van der Waals surface area (Å²) in [6.45, 7) is 2.11. The van der Waals surface area contributed by atoms with Gasteiger partial charge in [0.05, 0.1) is 5.52 Å². The zero-order valence-electron chi connectivity index (χ0n) is 14.0. The molecule has 4 heteroatoms. The Balaban J connectivity index is 1.62. The van der Waals surface area contributed by atoms with Crippen molar-refractivity contribution in [2.75, 3.05) is 5.32 Å².